The second-order valence-corrected chi connectivity index (χ2v) is 6.01. The number of oxime groups is 1. The van der Waals surface area contributed by atoms with Gasteiger partial charge in [0.1, 0.15) is 12.9 Å². The molecule has 2 aromatic rings. The van der Waals surface area contributed by atoms with Crippen molar-refractivity contribution in [1.82, 2.24) is 19.4 Å². The SMILES string of the molecule is CNS(=O)NC(=O)/C(=N/OC)c1ccccc1Oc1[nH]cnc(=S)c1F. The number of hydrogen-bond acceptors (Lipinski definition) is 7. The maximum absolute atomic E-state index is 14.0. The van der Waals surface area contributed by atoms with Crippen LogP contribution in [-0.2, 0) is 20.8 Å². The standard InChI is InChI=1S/C14H14FN5O4S2/c1-16-26(22)20-12(21)11(19-23-2)8-5-3-4-6-9(8)24-13-10(15)14(25)18-7-17-13/h3-7,16H,1-2H3,(H,20,21)(H,17,18,25)/b19-11+. The van der Waals surface area contributed by atoms with Gasteiger partial charge in [0.05, 0.1) is 11.9 Å². The molecule has 2 rings (SSSR count). The molecule has 1 atom stereocenters. The first kappa shape index (κ1) is 19.6. The van der Waals surface area contributed by atoms with Gasteiger partial charge in [-0.05, 0) is 19.2 Å². The minimum atomic E-state index is -1.82. The Kier molecular flexibility index (Phi) is 6.89. The number of carbonyl (C=O) groups excluding carboxylic acids is 1. The van der Waals surface area contributed by atoms with E-state index in [4.69, 9.17) is 17.0 Å². The van der Waals surface area contributed by atoms with Gasteiger partial charge in [0.25, 0.3) is 5.91 Å². The molecule has 0 saturated heterocycles. The number of aromatic nitrogens is 2. The van der Waals surface area contributed by atoms with Gasteiger partial charge >= 0.3 is 0 Å². The van der Waals surface area contributed by atoms with Crippen molar-refractivity contribution in [2.75, 3.05) is 14.2 Å². The van der Waals surface area contributed by atoms with E-state index in [1.165, 1.54) is 32.6 Å². The van der Waals surface area contributed by atoms with E-state index in [-0.39, 0.29) is 27.5 Å². The normalized spacial score (nSPS) is 12.3. The lowest BCUT2D eigenvalue weighted by Gasteiger charge is -2.12. The van der Waals surface area contributed by atoms with Crippen LogP contribution in [0, 0.1) is 10.5 Å². The first-order valence-corrected chi connectivity index (χ1v) is 8.55. The molecule has 1 aromatic heterocycles. The van der Waals surface area contributed by atoms with Crippen LogP contribution in [0.25, 0.3) is 0 Å². The summed E-state index contributed by atoms with van der Waals surface area (Å²) < 4.78 is 35.3. The van der Waals surface area contributed by atoms with Crippen molar-refractivity contribution in [3.05, 3.63) is 46.6 Å². The molecule has 0 aliphatic rings. The molecule has 1 amide bonds. The average molecular weight is 399 g/mol. The number of para-hydroxylation sites is 1. The topological polar surface area (TPSA) is 118 Å². The van der Waals surface area contributed by atoms with Crippen LogP contribution < -0.4 is 14.2 Å². The lowest BCUT2D eigenvalue weighted by molar-refractivity contribution is -0.113. The van der Waals surface area contributed by atoms with Crippen molar-refractivity contribution in [3.8, 4) is 11.6 Å². The summed E-state index contributed by atoms with van der Waals surface area (Å²) in [6.45, 7) is 0. The number of amides is 1. The van der Waals surface area contributed by atoms with Crippen LogP contribution in [-0.4, -0.2) is 40.0 Å². The quantitative estimate of drug-likeness (QED) is 0.367. The molecule has 0 fully saturated rings. The van der Waals surface area contributed by atoms with Gasteiger partial charge in [-0.2, -0.15) is 4.39 Å². The van der Waals surface area contributed by atoms with E-state index >= 15 is 0 Å². The lowest BCUT2D eigenvalue weighted by Crippen LogP contribution is -2.38. The Labute approximate surface area is 155 Å². The number of nitrogens with one attached hydrogen (secondary N) is 3. The smallest absolute Gasteiger partial charge is 0.286 e. The molecule has 1 aromatic carbocycles. The second kappa shape index (κ2) is 9.12. The fraction of sp³-hybridized carbons (Fsp3) is 0.143. The minimum absolute atomic E-state index is 0.0874. The summed E-state index contributed by atoms with van der Waals surface area (Å²) in [5.74, 6) is -1.85. The Bertz CT molecular complexity index is 918. The van der Waals surface area contributed by atoms with E-state index in [1.54, 1.807) is 12.1 Å². The van der Waals surface area contributed by atoms with Crippen molar-refractivity contribution in [1.29, 1.82) is 0 Å². The Hall–Kier alpha value is -2.70. The molecule has 0 aliphatic carbocycles. The largest absolute Gasteiger partial charge is 0.437 e. The van der Waals surface area contributed by atoms with Gasteiger partial charge in [0.2, 0.25) is 11.7 Å². The summed E-state index contributed by atoms with van der Waals surface area (Å²) in [5, 5.41) is 3.65. The third kappa shape index (κ3) is 4.68. The van der Waals surface area contributed by atoms with Crippen molar-refractivity contribution >= 4 is 35.0 Å². The van der Waals surface area contributed by atoms with Crippen LogP contribution >= 0.6 is 12.2 Å². The lowest BCUT2D eigenvalue weighted by atomic mass is 10.1. The highest BCUT2D eigenvalue weighted by Crippen LogP contribution is 2.26. The molecule has 1 unspecified atom stereocenters. The number of benzene rings is 1. The molecule has 26 heavy (non-hydrogen) atoms. The van der Waals surface area contributed by atoms with Crippen molar-refractivity contribution < 1.29 is 23.0 Å². The summed E-state index contributed by atoms with van der Waals surface area (Å²) in [6.07, 6.45) is 1.18. The predicted octanol–water partition coefficient (Wildman–Crippen LogP) is 1.34. The molecule has 0 radical (unpaired) electrons. The van der Waals surface area contributed by atoms with Gasteiger partial charge in [-0.1, -0.05) is 29.5 Å². The van der Waals surface area contributed by atoms with Crippen LogP contribution in [0.2, 0.25) is 0 Å². The van der Waals surface area contributed by atoms with Gasteiger partial charge in [0.15, 0.2) is 21.5 Å². The third-order valence-corrected chi connectivity index (χ3v) is 3.91. The molecule has 3 N–H and O–H groups in total. The molecular weight excluding hydrogens is 385 g/mol. The molecule has 0 bridgehead atoms. The monoisotopic (exact) mass is 399 g/mol. The number of halogens is 1. The van der Waals surface area contributed by atoms with Crippen molar-refractivity contribution in [2.24, 2.45) is 5.16 Å². The third-order valence-electron chi connectivity index (χ3n) is 2.89. The van der Waals surface area contributed by atoms with Gasteiger partial charge in [0, 0.05) is 0 Å². The van der Waals surface area contributed by atoms with Crippen LogP contribution in [0.5, 0.6) is 11.6 Å². The van der Waals surface area contributed by atoms with Gasteiger partial charge < -0.3 is 14.6 Å². The zero-order chi connectivity index (χ0) is 19.1. The summed E-state index contributed by atoms with van der Waals surface area (Å²) >= 11 is 2.93. The van der Waals surface area contributed by atoms with E-state index in [2.05, 4.69) is 29.4 Å². The number of ether oxygens (including phenoxy) is 1. The number of carbonyl (C=O) groups is 1. The van der Waals surface area contributed by atoms with Crippen LogP contribution in [0.4, 0.5) is 4.39 Å². The summed E-state index contributed by atoms with van der Waals surface area (Å²) in [7, 11) is 2.64. The fourth-order valence-electron chi connectivity index (χ4n) is 1.79. The molecule has 1 heterocycles. The van der Waals surface area contributed by atoms with Crippen LogP contribution in [0.1, 0.15) is 5.56 Å². The minimum Gasteiger partial charge on any atom is -0.437 e. The number of aromatic amines is 1. The van der Waals surface area contributed by atoms with Gasteiger partial charge in [-0.25, -0.2) is 13.9 Å². The highest BCUT2D eigenvalue weighted by atomic mass is 32.2. The maximum Gasteiger partial charge on any atom is 0.286 e. The Morgan fingerprint density at radius 3 is 2.85 bits per heavy atom. The van der Waals surface area contributed by atoms with Crippen molar-refractivity contribution in [2.45, 2.75) is 0 Å². The fourth-order valence-corrected chi connectivity index (χ4v) is 2.30. The number of nitrogens with zero attached hydrogens (tertiary/aromatic N) is 2. The van der Waals surface area contributed by atoms with E-state index in [0.29, 0.717) is 0 Å². The number of hydrogen-bond donors (Lipinski definition) is 3. The first-order chi connectivity index (χ1) is 12.5. The van der Waals surface area contributed by atoms with E-state index in [9.17, 15) is 13.4 Å². The predicted molar refractivity (Wildman–Crippen MR) is 94.8 cm³/mol. The maximum atomic E-state index is 14.0. The number of H-pyrrole nitrogens is 1. The molecule has 138 valence electrons. The highest BCUT2D eigenvalue weighted by Gasteiger charge is 2.22. The second-order valence-electron chi connectivity index (χ2n) is 4.48. The van der Waals surface area contributed by atoms with E-state index in [0.717, 1.165) is 0 Å². The number of rotatable bonds is 7. The van der Waals surface area contributed by atoms with Crippen LogP contribution in [0.3, 0.4) is 0 Å². The highest BCUT2D eigenvalue weighted by molar-refractivity contribution is 7.81. The molecular formula is C14H14FN5O4S2. The molecule has 9 nitrogen and oxygen atoms in total. The van der Waals surface area contributed by atoms with Crippen molar-refractivity contribution in [3.63, 3.8) is 0 Å². The van der Waals surface area contributed by atoms with Gasteiger partial charge in [-0.3, -0.25) is 9.52 Å². The Morgan fingerprint density at radius 2 is 2.15 bits per heavy atom. The zero-order valence-corrected chi connectivity index (χ0v) is 15.2. The van der Waals surface area contributed by atoms with Gasteiger partial charge in [-0.15, -0.1) is 0 Å². The zero-order valence-electron chi connectivity index (χ0n) is 13.6. The van der Waals surface area contributed by atoms with Crippen LogP contribution in [0.15, 0.2) is 35.7 Å². The first-order valence-electron chi connectivity index (χ1n) is 6.99. The Balaban J connectivity index is 2.44. The molecule has 12 heteroatoms. The average Bonchev–Trinajstić information content (AvgIpc) is 2.64. The molecule has 0 saturated carbocycles. The molecule has 0 aliphatic heterocycles. The summed E-state index contributed by atoms with van der Waals surface area (Å²) in [4.78, 5) is 23.1. The van der Waals surface area contributed by atoms with E-state index in [1.807, 2.05) is 0 Å². The Morgan fingerprint density at radius 1 is 1.42 bits per heavy atom. The molecule has 0 spiro atoms. The summed E-state index contributed by atoms with van der Waals surface area (Å²) in [6, 6.07) is 6.21. The summed E-state index contributed by atoms with van der Waals surface area (Å²) in [5.41, 5.74) is -0.0461. The van der Waals surface area contributed by atoms with E-state index < -0.39 is 22.9 Å².